The van der Waals surface area contributed by atoms with Crippen LogP contribution in [0.5, 0.6) is 0 Å². The van der Waals surface area contributed by atoms with Gasteiger partial charge in [-0.15, -0.1) is 0 Å². The summed E-state index contributed by atoms with van der Waals surface area (Å²) in [5.74, 6) is -0.653. The van der Waals surface area contributed by atoms with Gasteiger partial charge in [0.2, 0.25) is 0 Å². The lowest BCUT2D eigenvalue weighted by atomic mass is 10.4. The van der Waals surface area contributed by atoms with Crippen LogP contribution in [-0.2, 0) is 24.1 Å². The number of carbonyl (C=O) groups excluding carboxylic acids is 1. The van der Waals surface area contributed by atoms with Crippen LogP contribution in [0, 0.1) is 0 Å². The minimum absolute atomic E-state index is 0.562. The van der Waals surface area contributed by atoms with E-state index in [9.17, 15) is 13.2 Å². The van der Waals surface area contributed by atoms with Gasteiger partial charge >= 0.3 is 16.2 Å². The molecule has 1 aliphatic rings. The molecule has 0 aromatic carbocycles. The third kappa shape index (κ3) is 4.02. The van der Waals surface area contributed by atoms with Crippen molar-refractivity contribution in [2.45, 2.75) is 12.8 Å². The Morgan fingerprint density at radius 2 is 1.93 bits per heavy atom. The number of carbonyl (C=O) groups is 1. The Balaban J connectivity index is 2.33. The molecule has 1 amide bonds. The van der Waals surface area contributed by atoms with Gasteiger partial charge in [0.1, 0.15) is 0 Å². The fraction of sp³-hybridized carbons (Fsp3) is 0.857. The van der Waals surface area contributed by atoms with Crippen molar-refractivity contribution in [3.63, 3.8) is 0 Å². The Labute approximate surface area is 87.9 Å². The summed E-state index contributed by atoms with van der Waals surface area (Å²) in [6, 6.07) is 0. The summed E-state index contributed by atoms with van der Waals surface area (Å²) >= 11 is 0. The number of likely N-dealkylation sites (tertiary alicyclic amines) is 1. The maximum absolute atomic E-state index is 11.2. The minimum Gasteiger partial charge on any atom is -0.366 e. The SMILES string of the molecule is COCS(=O)(=O)OOC(=O)N1CCCC1. The largest absolute Gasteiger partial charge is 0.442 e. The van der Waals surface area contributed by atoms with Gasteiger partial charge in [-0.1, -0.05) is 0 Å². The fourth-order valence-corrected chi connectivity index (χ4v) is 1.69. The standard InChI is InChI=1S/C7H13NO6S/c1-12-6-15(10,11)14-13-7(9)8-4-2-3-5-8/h2-6H2,1H3. The van der Waals surface area contributed by atoms with Crippen molar-refractivity contribution < 1.29 is 27.2 Å². The van der Waals surface area contributed by atoms with E-state index < -0.39 is 22.2 Å². The van der Waals surface area contributed by atoms with E-state index in [0.717, 1.165) is 12.8 Å². The Kier molecular flexibility index (Phi) is 4.30. The maximum atomic E-state index is 11.2. The van der Waals surface area contributed by atoms with Crippen LogP contribution in [-0.4, -0.2) is 45.5 Å². The van der Waals surface area contributed by atoms with Gasteiger partial charge in [-0.25, -0.2) is 4.79 Å². The molecule has 0 saturated carbocycles. The summed E-state index contributed by atoms with van der Waals surface area (Å²) in [5.41, 5.74) is 0. The van der Waals surface area contributed by atoms with Crippen molar-refractivity contribution in [2.24, 2.45) is 0 Å². The number of amides is 1. The summed E-state index contributed by atoms with van der Waals surface area (Å²) in [6.45, 7) is 1.12. The van der Waals surface area contributed by atoms with E-state index in [1.54, 1.807) is 0 Å². The Hall–Kier alpha value is -0.860. The first-order valence-corrected chi connectivity index (χ1v) is 5.99. The highest BCUT2D eigenvalue weighted by molar-refractivity contribution is 7.86. The summed E-state index contributed by atoms with van der Waals surface area (Å²) < 4.78 is 30.2. The predicted molar refractivity (Wildman–Crippen MR) is 49.2 cm³/mol. The lowest BCUT2D eigenvalue weighted by Crippen LogP contribution is -2.29. The van der Waals surface area contributed by atoms with Crippen LogP contribution in [0.4, 0.5) is 4.79 Å². The van der Waals surface area contributed by atoms with E-state index in [1.807, 2.05) is 0 Å². The second kappa shape index (κ2) is 5.29. The number of ether oxygens (including phenoxy) is 1. The monoisotopic (exact) mass is 239 g/mol. The van der Waals surface area contributed by atoms with E-state index in [4.69, 9.17) is 0 Å². The first-order valence-electron chi connectivity index (χ1n) is 4.42. The summed E-state index contributed by atoms with van der Waals surface area (Å²) in [7, 11) is -2.75. The molecule has 15 heavy (non-hydrogen) atoms. The number of methoxy groups -OCH3 is 1. The van der Waals surface area contributed by atoms with Crippen molar-refractivity contribution in [2.75, 3.05) is 26.1 Å². The van der Waals surface area contributed by atoms with Crippen molar-refractivity contribution in [3.05, 3.63) is 0 Å². The molecule has 0 spiro atoms. The molecule has 0 unspecified atom stereocenters. The first-order chi connectivity index (χ1) is 7.05. The molecular formula is C7H13NO6S. The molecule has 0 bridgehead atoms. The normalized spacial score (nSPS) is 16.7. The van der Waals surface area contributed by atoms with Crippen LogP contribution < -0.4 is 0 Å². The fourth-order valence-electron chi connectivity index (χ4n) is 1.20. The van der Waals surface area contributed by atoms with Gasteiger partial charge in [-0.05, 0) is 17.2 Å². The lowest BCUT2D eigenvalue weighted by Gasteiger charge is -2.12. The number of hydrogen-bond donors (Lipinski definition) is 0. The van der Waals surface area contributed by atoms with Crippen molar-refractivity contribution in [1.82, 2.24) is 4.90 Å². The van der Waals surface area contributed by atoms with Gasteiger partial charge in [-0.3, -0.25) is 4.89 Å². The average Bonchev–Trinajstić information content (AvgIpc) is 2.67. The van der Waals surface area contributed by atoms with E-state index in [1.165, 1.54) is 12.0 Å². The maximum Gasteiger partial charge on any atom is 0.442 e. The lowest BCUT2D eigenvalue weighted by molar-refractivity contribution is -0.148. The zero-order chi connectivity index (χ0) is 11.3. The Bertz CT molecular complexity index is 307. The summed E-state index contributed by atoms with van der Waals surface area (Å²) in [6.07, 6.45) is 0.993. The second-order valence-corrected chi connectivity index (χ2v) is 4.56. The van der Waals surface area contributed by atoms with Crippen molar-refractivity contribution >= 4 is 16.2 Å². The Morgan fingerprint density at radius 1 is 1.33 bits per heavy atom. The van der Waals surface area contributed by atoms with Gasteiger partial charge in [0, 0.05) is 20.2 Å². The highest BCUT2D eigenvalue weighted by atomic mass is 32.2. The number of hydrogen-bond acceptors (Lipinski definition) is 6. The van der Waals surface area contributed by atoms with Crippen LogP contribution in [0.15, 0.2) is 0 Å². The molecule has 1 aliphatic heterocycles. The van der Waals surface area contributed by atoms with Crippen LogP contribution in [0.3, 0.4) is 0 Å². The molecule has 1 saturated heterocycles. The van der Waals surface area contributed by atoms with E-state index >= 15 is 0 Å². The topological polar surface area (TPSA) is 82.1 Å². The molecule has 0 radical (unpaired) electrons. The zero-order valence-electron chi connectivity index (χ0n) is 8.34. The summed E-state index contributed by atoms with van der Waals surface area (Å²) in [5, 5.41) is 0. The van der Waals surface area contributed by atoms with Gasteiger partial charge < -0.3 is 9.64 Å². The first kappa shape index (κ1) is 12.2. The molecule has 0 aromatic heterocycles. The van der Waals surface area contributed by atoms with E-state index in [-0.39, 0.29) is 0 Å². The minimum atomic E-state index is -3.95. The van der Waals surface area contributed by atoms with Gasteiger partial charge in [0.05, 0.1) is 0 Å². The number of rotatable bonds is 4. The van der Waals surface area contributed by atoms with E-state index in [2.05, 4.69) is 14.0 Å². The van der Waals surface area contributed by atoms with Crippen molar-refractivity contribution in [3.8, 4) is 0 Å². The third-order valence-corrected chi connectivity index (χ3v) is 2.64. The molecule has 88 valence electrons. The zero-order valence-corrected chi connectivity index (χ0v) is 9.16. The average molecular weight is 239 g/mol. The molecule has 7 nitrogen and oxygen atoms in total. The quantitative estimate of drug-likeness (QED) is 0.510. The highest BCUT2D eigenvalue weighted by Gasteiger charge is 2.23. The van der Waals surface area contributed by atoms with Gasteiger partial charge in [0.15, 0.2) is 5.94 Å². The second-order valence-electron chi connectivity index (χ2n) is 3.08. The highest BCUT2D eigenvalue weighted by Crippen LogP contribution is 2.09. The van der Waals surface area contributed by atoms with Crippen LogP contribution in [0.1, 0.15) is 12.8 Å². The van der Waals surface area contributed by atoms with E-state index in [0.29, 0.717) is 13.1 Å². The molecule has 0 N–H and O–H groups in total. The van der Waals surface area contributed by atoms with Crippen LogP contribution >= 0.6 is 0 Å². The Morgan fingerprint density at radius 3 is 2.47 bits per heavy atom. The molecule has 0 aliphatic carbocycles. The van der Waals surface area contributed by atoms with Gasteiger partial charge in [-0.2, -0.15) is 8.42 Å². The molecule has 0 aromatic rings. The summed E-state index contributed by atoms with van der Waals surface area (Å²) in [4.78, 5) is 16.7. The number of nitrogens with zero attached hydrogens (tertiary/aromatic N) is 1. The predicted octanol–water partition coefficient (Wildman–Crippen LogP) is 0.0841. The van der Waals surface area contributed by atoms with Crippen molar-refractivity contribution in [1.29, 1.82) is 0 Å². The van der Waals surface area contributed by atoms with Crippen LogP contribution in [0.25, 0.3) is 0 Å². The molecule has 8 heteroatoms. The van der Waals surface area contributed by atoms with Gasteiger partial charge in [0.25, 0.3) is 0 Å². The molecule has 1 heterocycles. The third-order valence-electron chi connectivity index (χ3n) is 1.84. The van der Waals surface area contributed by atoms with Crippen LogP contribution in [0.2, 0.25) is 0 Å². The molecule has 0 atom stereocenters. The molecule has 1 fully saturated rings. The molecule has 1 rings (SSSR count). The molecular weight excluding hydrogens is 226 g/mol. The smallest absolute Gasteiger partial charge is 0.366 e.